The molecule has 2 saturated carbocycles. The van der Waals surface area contributed by atoms with E-state index in [1.165, 1.54) is 19.3 Å². The summed E-state index contributed by atoms with van der Waals surface area (Å²) in [5.74, 6) is 1.10. The lowest BCUT2D eigenvalue weighted by Crippen LogP contribution is -2.21. The minimum absolute atomic E-state index is 0.0221. The summed E-state index contributed by atoms with van der Waals surface area (Å²) in [6, 6.07) is 8.62. The Balaban J connectivity index is 1.40. The molecule has 0 unspecified atom stereocenters. The zero-order chi connectivity index (χ0) is 18.4. The van der Waals surface area contributed by atoms with E-state index in [0.29, 0.717) is 12.0 Å². The van der Waals surface area contributed by atoms with Gasteiger partial charge in [0.15, 0.2) is 0 Å². The fraction of sp³-hybridized carbons (Fsp3) is 0.476. The Hall–Kier alpha value is -2.63. The third-order valence-electron chi connectivity index (χ3n) is 6.05. The van der Waals surface area contributed by atoms with Crippen molar-refractivity contribution in [3.63, 3.8) is 0 Å². The Labute approximate surface area is 158 Å². The first kappa shape index (κ1) is 16.5. The molecule has 27 heavy (non-hydrogen) atoms. The van der Waals surface area contributed by atoms with Crippen molar-refractivity contribution in [3.8, 4) is 0 Å². The van der Waals surface area contributed by atoms with E-state index in [1.807, 2.05) is 37.6 Å². The van der Waals surface area contributed by atoms with Crippen LogP contribution in [-0.2, 0) is 11.8 Å². The maximum atomic E-state index is 12.9. The van der Waals surface area contributed by atoms with Crippen LogP contribution in [0.5, 0.6) is 0 Å². The third kappa shape index (κ3) is 3.03. The second kappa shape index (κ2) is 6.51. The van der Waals surface area contributed by atoms with Crippen molar-refractivity contribution in [1.29, 1.82) is 0 Å². The van der Waals surface area contributed by atoms with E-state index in [-0.39, 0.29) is 17.7 Å². The number of fused-ring (bicyclic) bond motifs is 1. The van der Waals surface area contributed by atoms with Crippen molar-refractivity contribution >= 4 is 22.9 Å². The molecule has 140 valence electrons. The molecule has 1 amide bonds. The molecular formula is C21H25N5O. The van der Waals surface area contributed by atoms with Gasteiger partial charge in [0.1, 0.15) is 0 Å². The molecule has 0 radical (unpaired) electrons. The number of carbonyl (C=O) groups is 1. The summed E-state index contributed by atoms with van der Waals surface area (Å²) in [5.41, 5.74) is 3.23. The molecule has 2 aliphatic carbocycles. The van der Waals surface area contributed by atoms with Crippen LogP contribution >= 0.6 is 0 Å². The molecule has 2 atom stereocenters. The molecule has 1 aromatic carbocycles. The lowest BCUT2D eigenvalue weighted by atomic mass is 9.95. The number of aromatic nitrogens is 4. The molecule has 2 heterocycles. The van der Waals surface area contributed by atoms with Crippen LogP contribution in [0.1, 0.15) is 56.0 Å². The number of amides is 1. The van der Waals surface area contributed by atoms with Crippen molar-refractivity contribution in [3.05, 3.63) is 42.2 Å². The highest BCUT2D eigenvalue weighted by Gasteiger charge is 2.45. The molecule has 3 aromatic rings. The van der Waals surface area contributed by atoms with Gasteiger partial charge in [0.05, 0.1) is 17.2 Å². The van der Waals surface area contributed by atoms with E-state index < -0.39 is 0 Å². The van der Waals surface area contributed by atoms with Gasteiger partial charge in [-0.1, -0.05) is 31.4 Å². The predicted octanol–water partition coefficient (Wildman–Crippen LogP) is 4.02. The van der Waals surface area contributed by atoms with Gasteiger partial charge in [0.25, 0.3) is 0 Å². The number of hydrogen-bond acceptors (Lipinski definition) is 3. The number of benzene rings is 1. The van der Waals surface area contributed by atoms with E-state index in [9.17, 15) is 4.79 Å². The first-order valence-corrected chi connectivity index (χ1v) is 9.97. The van der Waals surface area contributed by atoms with Gasteiger partial charge in [-0.3, -0.25) is 14.8 Å². The van der Waals surface area contributed by atoms with Crippen LogP contribution in [0.15, 0.2) is 36.7 Å². The summed E-state index contributed by atoms with van der Waals surface area (Å²) in [6.45, 7) is 0. The monoisotopic (exact) mass is 363 g/mol. The van der Waals surface area contributed by atoms with Crippen molar-refractivity contribution in [2.24, 2.45) is 13.0 Å². The Kier molecular flexibility index (Phi) is 3.99. The van der Waals surface area contributed by atoms with Gasteiger partial charge in [0.2, 0.25) is 11.9 Å². The summed E-state index contributed by atoms with van der Waals surface area (Å²) in [7, 11) is 1.91. The number of para-hydroxylation sites is 2. The zero-order valence-electron chi connectivity index (χ0n) is 15.6. The Bertz CT molecular complexity index is 982. The SMILES string of the molecule is Cn1cc([C@H]2C[C@@H]2C(=O)Nc2nc3ccccc3n2C2CCCCC2)cn1. The van der Waals surface area contributed by atoms with Crippen molar-refractivity contribution in [1.82, 2.24) is 19.3 Å². The van der Waals surface area contributed by atoms with Gasteiger partial charge in [0, 0.05) is 25.2 Å². The first-order valence-electron chi connectivity index (χ1n) is 9.97. The fourth-order valence-electron chi connectivity index (χ4n) is 4.53. The highest BCUT2D eigenvalue weighted by molar-refractivity contribution is 5.95. The molecule has 2 aromatic heterocycles. The molecule has 6 heteroatoms. The molecule has 6 nitrogen and oxygen atoms in total. The lowest BCUT2D eigenvalue weighted by Gasteiger charge is -2.25. The second-order valence-electron chi connectivity index (χ2n) is 7.97. The van der Waals surface area contributed by atoms with E-state index in [4.69, 9.17) is 4.98 Å². The van der Waals surface area contributed by atoms with Crippen molar-refractivity contribution in [2.75, 3.05) is 5.32 Å². The average molecular weight is 363 g/mol. The Morgan fingerprint density at radius 1 is 1.19 bits per heavy atom. The number of nitrogens with zero attached hydrogens (tertiary/aromatic N) is 4. The quantitative estimate of drug-likeness (QED) is 0.761. The van der Waals surface area contributed by atoms with Crippen LogP contribution in [0.2, 0.25) is 0 Å². The lowest BCUT2D eigenvalue weighted by molar-refractivity contribution is -0.117. The number of anilines is 1. The number of rotatable bonds is 4. The van der Waals surface area contributed by atoms with Gasteiger partial charge in [-0.25, -0.2) is 4.98 Å². The number of hydrogen-bond donors (Lipinski definition) is 1. The molecular weight excluding hydrogens is 338 g/mol. The number of imidazole rings is 1. The molecule has 1 N–H and O–H groups in total. The predicted molar refractivity (Wildman–Crippen MR) is 105 cm³/mol. The maximum absolute atomic E-state index is 12.9. The van der Waals surface area contributed by atoms with Crippen LogP contribution < -0.4 is 5.32 Å². The summed E-state index contributed by atoms with van der Waals surface area (Å²) in [5, 5.41) is 7.38. The molecule has 5 rings (SSSR count). The van der Waals surface area contributed by atoms with Crippen LogP contribution in [0.3, 0.4) is 0 Å². The largest absolute Gasteiger partial charge is 0.307 e. The smallest absolute Gasteiger partial charge is 0.230 e. The van der Waals surface area contributed by atoms with E-state index in [1.54, 1.807) is 4.68 Å². The van der Waals surface area contributed by atoms with Gasteiger partial charge >= 0.3 is 0 Å². The summed E-state index contributed by atoms with van der Waals surface area (Å²) in [4.78, 5) is 17.6. The number of aryl methyl sites for hydroxylation is 1. The first-order chi connectivity index (χ1) is 13.2. The van der Waals surface area contributed by atoms with Crippen LogP contribution in [-0.4, -0.2) is 25.2 Å². The molecule has 0 bridgehead atoms. The zero-order valence-corrected chi connectivity index (χ0v) is 15.6. The molecule has 2 fully saturated rings. The average Bonchev–Trinajstić information content (AvgIpc) is 3.24. The fourth-order valence-corrected chi connectivity index (χ4v) is 4.53. The standard InChI is InChI=1S/C21H25N5O/c1-25-13-14(12-22-25)16-11-17(16)20(27)24-21-23-18-9-5-6-10-19(18)26(21)15-7-3-2-4-8-15/h5-6,9-10,12-13,15-17H,2-4,7-8,11H2,1H3,(H,23,24,27)/t16-,17+/m1/s1. The highest BCUT2D eigenvalue weighted by atomic mass is 16.2. The number of carbonyl (C=O) groups excluding carboxylic acids is 1. The molecule has 2 aliphatic rings. The number of nitrogens with one attached hydrogen (secondary N) is 1. The Morgan fingerprint density at radius 2 is 2.00 bits per heavy atom. The summed E-state index contributed by atoms with van der Waals surface area (Å²) >= 11 is 0. The summed E-state index contributed by atoms with van der Waals surface area (Å²) in [6.07, 6.45) is 10.9. The van der Waals surface area contributed by atoms with E-state index in [2.05, 4.69) is 21.0 Å². The Morgan fingerprint density at radius 3 is 2.78 bits per heavy atom. The second-order valence-corrected chi connectivity index (χ2v) is 7.97. The van der Waals surface area contributed by atoms with Crippen molar-refractivity contribution in [2.45, 2.75) is 50.5 Å². The third-order valence-corrected chi connectivity index (χ3v) is 6.05. The topological polar surface area (TPSA) is 64.7 Å². The van der Waals surface area contributed by atoms with Crippen LogP contribution in [0.25, 0.3) is 11.0 Å². The summed E-state index contributed by atoms with van der Waals surface area (Å²) < 4.78 is 4.07. The van der Waals surface area contributed by atoms with Gasteiger partial charge in [-0.05, 0) is 42.9 Å². The van der Waals surface area contributed by atoms with Gasteiger partial charge in [-0.2, -0.15) is 5.10 Å². The maximum Gasteiger partial charge on any atom is 0.230 e. The van der Waals surface area contributed by atoms with Crippen molar-refractivity contribution < 1.29 is 4.79 Å². The highest BCUT2D eigenvalue weighted by Crippen LogP contribution is 2.48. The van der Waals surface area contributed by atoms with E-state index in [0.717, 1.165) is 35.9 Å². The minimum atomic E-state index is 0.0221. The molecule has 0 spiro atoms. The molecule has 0 saturated heterocycles. The van der Waals surface area contributed by atoms with E-state index >= 15 is 0 Å². The normalized spacial score (nSPS) is 22.9. The van der Waals surface area contributed by atoms with Gasteiger partial charge in [-0.15, -0.1) is 0 Å². The van der Waals surface area contributed by atoms with Gasteiger partial charge < -0.3 is 4.57 Å². The molecule has 0 aliphatic heterocycles. The van der Waals surface area contributed by atoms with Crippen LogP contribution in [0, 0.1) is 5.92 Å². The minimum Gasteiger partial charge on any atom is -0.307 e. The van der Waals surface area contributed by atoms with Crippen LogP contribution in [0.4, 0.5) is 5.95 Å².